The van der Waals surface area contributed by atoms with Crippen LogP contribution in [0.1, 0.15) is 19.3 Å². The number of hydrogen-bond acceptors (Lipinski definition) is 3. The van der Waals surface area contributed by atoms with E-state index in [-0.39, 0.29) is 12.7 Å². The molecule has 0 bridgehead atoms. The first-order valence-electron chi connectivity index (χ1n) is 7.10. The topological polar surface area (TPSA) is 32.8 Å². The molecule has 20 heavy (non-hydrogen) atoms. The van der Waals surface area contributed by atoms with Crippen molar-refractivity contribution >= 4 is 6.09 Å². The van der Waals surface area contributed by atoms with E-state index in [4.69, 9.17) is 4.74 Å². The van der Waals surface area contributed by atoms with Crippen LogP contribution in [0.25, 0.3) is 0 Å². The zero-order valence-electron chi connectivity index (χ0n) is 12.7. The third-order valence-corrected chi connectivity index (χ3v) is 3.64. The summed E-state index contributed by atoms with van der Waals surface area (Å²) in [5, 5.41) is 0. The van der Waals surface area contributed by atoms with Crippen molar-refractivity contribution in [2.24, 2.45) is 0 Å². The number of allylic oxidation sites excluding steroid dienone is 2. The number of nitrogens with zero attached hydrogens (tertiary/aromatic N) is 2. The van der Waals surface area contributed by atoms with Crippen LogP contribution >= 0.6 is 0 Å². The highest BCUT2D eigenvalue weighted by molar-refractivity contribution is 5.67. The van der Waals surface area contributed by atoms with Crippen molar-refractivity contribution < 1.29 is 9.53 Å². The van der Waals surface area contributed by atoms with Crippen LogP contribution in [-0.2, 0) is 4.74 Å². The lowest BCUT2D eigenvalue weighted by Gasteiger charge is -2.23. The van der Waals surface area contributed by atoms with E-state index in [1.54, 1.807) is 23.1 Å². The summed E-state index contributed by atoms with van der Waals surface area (Å²) < 4.78 is 5.32. The summed E-state index contributed by atoms with van der Waals surface area (Å²) in [5.74, 6) is 0. The average Bonchev–Trinajstić information content (AvgIpc) is 2.69. The number of ether oxygens (including phenoxy) is 1. The monoisotopic (exact) mass is 278 g/mol. The molecule has 0 spiro atoms. The molecule has 1 heterocycles. The fraction of sp³-hybridized carbons (Fsp3) is 0.562. The molecule has 1 aliphatic heterocycles. The summed E-state index contributed by atoms with van der Waals surface area (Å²) in [4.78, 5) is 16.1. The Kier molecular flexibility index (Phi) is 7.09. The van der Waals surface area contributed by atoms with Crippen LogP contribution < -0.4 is 0 Å². The Bertz CT molecular complexity index is 375. The number of likely N-dealkylation sites (tertiary alicyclic amines) is 1. The highest BCUT2D eigenvalue weighted by atomic mass is 16.6. The first kappa shape index (κ1) is 16.5. The molecule has 1 saturated heterocycles. The lowest BCUT2D eigenvalue weighted by molar-refractivity contribution is 0.111. The molecule has 1 aliphatic rings. The van der Waals surface area contributed by atoms with Gasteiger partial charge >= 0.3 is 6.09 Å². The Morgan fingerprint density at radius 1 is 1.35 bits per heavy atom. The smallest absolute Gasteiger partial charge is 0.410 e. The molecule has 1 fully saturated rings. The van der Waals surface area contributed by atoms with E-state index in [2.05, 4.69) is 32.2 Å². The maximum Gasteiger partial charge on any atom is 0.410 e. The average molecular weight is 278 g/mol. The Balaban J connectivity index is 2.45. The van der Waals surface area contributed by atoms with Crippen LogP contribution in [0.3, 0.4) is 0 Å². The SMILES string of the molecule is C=C/C=C(\C=C)COC(=O)N1CCCC(N(C)C)CC1. The minimum Gasteiger partial charge on any atom is -0.445 e. The van der Waals surface area contributed by atoms with Crippen LogP contribution in [0, 0.1) is 0 Å². The van der Waals surface area contributed by atoms with Gasteiger partial charge in [0.25, 0.3) is 0 Å². The molecule has 0 aromatic heterocycles. The van der Waals surface area contributed by atoms with Crippen molar-refractivity contribution in [1.29, 1.82) is 0 Å². The van der Waals surface area contributed by atoms with E-state index < -0.39 is 0 Å². The van der Waals surface area contributed by atoms with Gasteiger partial charge in [-0.15, -0.1) is 0 Å². The summed E-state index contributed by atoms with van der Waals surface area (Å²) in [6.45, 7) is 9.10. The largest absolute Gasteiger partial charge is 0.445 e. The van der Waals surface area contributed by atoms with E-state index in [0.717, 1.165) is 37.9 Å². The highest BCUT2D eigenvalue weighted by Gasteiger charge is 2.22. The van der Waals surface area contributed by atoms with E-state index in [9.17, 15) is 4.79 Å². The second-order valence-corrected chi connectivity index (χ2v) is 5.27. The lowest BCUT2D eigenvalue weighted by atomic mass is 10.1. The minimum atomic E-state index is -0.235. The van der Waals surface area contributed by atoms with Crippen LogP contribution in [0.5, 0.6) is 0 Å². The summed E-state index contributed by atoms with van der Waals surface area (Å²) in [6, 6.07) is 0.553. The standard InChI is InChI=1S/C16H26N2O2/c1-5-8-14(6-2)13-20-16(19)18-11-7-9-15(10-12-18)17(3)4/h5-6,8,15H,1-2,7,9-13H2,3-4H3/b14-8+. The third-order valence-electron chi connectivity index (χ3n) is 3.64. The number of carbonyl (C=O) groups excluding carboxylic acids is 1. The summed E-state index contributed by atoms with van der Waals surface area (Å²) in [6.07, 6.45) is 8.06. The van der Waals surface area contributed by atoms with Gasteiger partial charge in [0.05, 0.1) is 0 Å². The molecule has 0 aromatic carbocycles. The van der Waals surface area contributed by atoms with Gasteiger partial charge in [0.2, 0.25) is 0 Å². The molecule has 0 N–H and O–H groups in total. The van der Waals surface area contributed by atoms with Crippen LogP contribution in [0.4, 0.5) is 4.79 Å². The Labute approximate surface area is 122 Å². The second kappa shape index (κ2) is 8.59. The molecular weight excluding hydrogens is 252 g/mol. The van der Waals surface area contributed by atoms with Crippen LogP contribution in [0.15, 0.2) is 37.0 Å². The first-order chi connectivity index (χ1) is 9.58. The molecule has 1 rings (SSSR count). The van der Waals surface area contributed by atoms with Crippen molar-refractivity contribution in [2.75, 3.05) is 33.8 Å². The van der Waals surface area contributed by atoms with Gasteiger partial charge in [0.15, 0.2) is 0 Å². The summed E-state index contributed by atoms with van der Waals surface area (Å²) in [7, 11) is 4.18. The zero-order valence-corrected chi connectivity index (χ0v) is 12.7. The molecule has 4 nitrogen and oxygen atoms in total. The minimum absolute atomic E-state index is 0.235. The van der Waals surface area contributed by atoms with E-state index in [1.165, 1.54) is 0 Å². The van der Waals surface area contributed by atoms with E-state index in [0.29, 0.717) is 6.04 Å². The van der Waals surface area contributed by atoms with Crippen LogP contribution in [0.2, 0.25) is 0 Å². The zero-order chi connectivity index (χ0) is 15.0. The predicted octanol–water partition coefficient (Wildman–Crippen LogP) is 2.84. The van der Waals surface area contributed by atoms with Crippen molar-refractivity contribution in [3.8, 4) is 0 Å². The van der Waals surface area contributed by atoms with Gasteiger partial charge in [-0.3, -0.25) is 0 Å². The summed E-state index contributed by atoms with van der Waals surface area (Å²) in [5.41, 5.74) is 0.856. The van der Waals surface area contributed by atoms with Gasteiger partial charge < -0.3 is 14.5 Å². The second-order valence-electron chi connectivity index (χ2n) is 5.27. The van der Waals surface area contributed by atoms with Gasteiger partial charge in [0, 0.05) is 19.1 Å². The molecular formula is C16H26N2O2. The van der Waals surface area contributed by atoms with Gasteiger partial charge in [0.1, 0.15) is 6.61 Å². The molecule has 0 aliphatic carbocycles. The Morgan fingerprint density at radius 2 is 2.10 bits per heavy atom. The normalized spacial score (nSPS) is 20.4. The maximum atomic E-state index is 12.1. The quantitative estimate of drug-likeness (QED) is 0.725. The number of carbonyl (C=O) groups is 1. The molecule has 4 heteroatoms. The molecule has 0 saturated carbocycles. The Hall–Kier alpha value is -1.55. The first-order valence-corrected chi connectivity index (χ1v) is 7.10. The van der Waals surface area contributed by atoms with Crippen molar-refractivity contribution in [3.63, 3.8) is 0 Å². The van der Waals surface area contributed by atoms with Gasteiger partial charge in [-0.25, -0.2) is 4.79 Å². The number of amides is 1. The number of hydrogen-bond donors (Lipinski definition) is 0. The molecule has 112 valence electrons. The molecule has 0 aromatic rings. The Morgan fingerprint density at radius 3 is 2.70 bits per heavy atom. The van der Waals surface area contributed by atoms with Gasteiger partial charge in [-0.05, 0) is 38.9 Å². The van der Waals surface area contributed by atoms with Crippen molar-refractivity contribution in [2.45, 2.75) is 25.3 Å². The molecule has 1 atom stereocenters. The summed E-state index contributed by atoms with van der Waals surface area (Å²) >= 11 is 0. The number of rotatable bonds is 5. The van der Waals surface area contributed by atoms with Crippen molar-refractivity contribution in [1.82, 2.24) is 9.80 Å². The van der Waals surface area contributed by atoms with Gasteiger partial charge in [-0.1, -0.05) is 31.4 Å². The molecule has 1 unspecified atom stereocenters. The van der Waals surface area contributed by atoms with Crippen molar-refractivity contribution in [3.05, 3.63) is 37.0 Å². The molecule has 1 amide bonds. The van der Waals surface area contributed by atoms with E-state index >= 15 is 0 Å². The fourth-order valence-electron chi connectivity index (χ4n) is 2.34. The highest BCUT2D eigenvalue weighted by Crippen LogP contribution is 2.15. The van der Waals surface area contributed by atoms with Gasteiger partial charge in [-0.2, -0.15) is 0 Å². The predicted molar refractivity (Wildman–Crippen MR) is 82.7 cm³/mol. The lowest BCUT2D eigenvalue weighted by Crippen LogP contribution is -2.34. The van der Waals surface area contributed by atoms with Crippen LogP contribution in [-0.4, -0.2) is 55.7 Å². The fourth-order valence-corrected chi connectivity index (χ4v) is 2.34. The third kappa shape index (κ3) is 5.21. The molecule has 0 radical (unpaired) electrons. The maximum absolute atomic E-state index is 12.1. The van der Waals surface area contributed by atoms with E-state index in [1.807, 2.05) is 0 Å².